The van der Waals surface area contributed by atoms with E-state index in [1.165, 1.54) is 6.20 Å². The second-order valence-electron chi connectivity index (χ2n) is 10.9. The van der Waals surface area contributed by atoms with Gasteiger partial charge < -0.3 is 30.2 Å². The second-order valence-corrected chi connectivity index (χ2v) is 10.9. The number of carbonyl (C=O) groups excluding carboxylic acids is 1. The Bertz CT molecular complexity index is 1580. The summed E-state index contributed by atoms with van der Waals surface area (Å²) in [5.74, 6) is 0.729. The molecular formula is C30H33N7O4. The first-order valence-corrected chi connectivity index (χ1v) is 13.2. The van der Waals surface area contributed by atoms with Crippen LogP contribution in [0.3, 0.4) is 0 Å². The van der Waals surface area contributed by atoms with Gasteiger partial charge in [-0.05, 0) is 57.0 Å². The first-order chi connectivity index (χ1) is 19.5. The third-order valence-corrected chi connectivity index (χ3v) is 7.06. The highest BCUT2D eigenvalue weighted by Gasteiger charge is 2.42. The number of aromatic nitrogens is 4. The zero-order valence-corrected chi connectivity index (χ0v) is 23.4. The molecule has 1 aliphatic rings. The van der Waals surface area contributed by atoms with Gasteiger partial charge in [-0.2, -0.15) is 4.98 Å². The molecule has 2 aromatic carbocycles. The van der Waals surface area contributed by atoms with Crippen molar-refractivity contribution >= 4 is 23.4 Å². The van der Waals surface area contributed by atoms with E-state index in [1.54, 1.807) is 30.9 Å². The van der Waals surface area contributed by atoms with Crippen LogP contribution in [0.4, 0.5) is 17.5 Å². The zero-order chi connectivity index (χ0) is 29.4. The number of nitrogens with zero attached hydrogens (tertiary/aromatic N) is 5. The predicted molar refractivity (Wildman–Crippen MR) is 154 cm³/mol. The minimum absolute atomic E-state index is 0.0375. The van der Waals surface area contributed by atoms with Gasteiger partial charge in [0.25, 0.3) is 11.8 Å². The number of anilines is 3. The molecule has 11 heteroatoms. The number of fused-ring (bicyclic) bond motifs is 1. The lowest BCUT2D eigenvalue weighted by atomic mass is 9.93. The molecule has 4 aromatic rings. The standard InChI is InChI=1S/C30H33N7O4/c1-6-14-37-26(39)20-13-12-19(15-22(20)29(37,2)3)32-28-31-16-21(25-35-36-27(41-25)30(4,5)40)24(34-28)33-23(17-38)18-10-8-7-9-11-18/h6-13,15-16,23,38,40H,1,14,17H2,2-5H3,(H2,31,32,33,34)/t23-/m1/s1. The van der Waals surface area contributed by atoms with Crippen molar-refractivity contribution in [1.29, 1.82) is 0 Å². The van der Waals surface area contributed by atoms with E-state index in [9.17, 15) is 15.0 Å². The van der Waals surface area contributed by atoms with E-state index in [0.717, 1.165) is 11.1 Å². The molecule has 1 atom stereocenters. The van der Waals surface area contributed by atoms with Crippen molar-refractivity contribution in [2.75, 3.05) is 23.8 Å². The first kappa shape index (κ1) is 27.9. The third kappa shape index (κ3) is 5.41. The fourth-order valence-electron chi connectivity index (χ4n) is 4.80. The molecule has 41 heavy (non-hydrogen) atoms. The SMILES string of the molecule is C=CCN1C(=O)c2ccc(Nc3ncc(-c4nnc(C(C)(C)O)o4)c(N[C@H](CO)c4ccccc4)n3)cc2C1(C)C. The van der Waals surface area contributed by atoms with Crippen molar-refractivity contribution in [3.63, 3.8) is 0 Å². The van der Waals surface area contributed by atoms with Crippen molar-refractivity contribution in [3.8, 4) is 11.5 Å². The summed E-state index contributed by atoms with van der Waals surface area (Å²) in [5, 5.41) is 35.1. The minimum Gasteiger partial charge on any atom is -0.417 e. The van der Waals surface area contributed by atoms with Crippen molar-refractivity contribution in [1.82, 2.24) is 25.1 Å². The van der Waals surface area contributed by atoms with E-state index in [0.29, 0.717) is 29.2 Å². The van der Waals surface area contributed by atoms with Gasteiger partial charge in [0, 0.05) is 24.0 Å². The van der Waals surface area contributed by atoms with Gasteiger partial charge in [0.15, 0.2) is 0 Å². The van der Waals surface area contributed by atoms with Gasteiger partial charge in [0.1, 0.15) is 11.4 Å². The fraction of sp³-hybridized carbons (Fsp3) is 0.300. The summed E-state index contributed by atoms with van der Waals surface area (Å²) < 4.78 is 5.75. The topological polar surface area (TPSA) is 150 Å². The van der Waals surface area contributed by atoms with Crippen LogP contribution < -0.4 is 10.6 Å². The molecule has 0 fully saturated rings. The van der Waals surface area contributed by atoms with Crippen molar-refractivity contribution in [2.24, 2.45) is 0 Å². The first-order valence-electron chi connectivity index (χ1n) is 13.2. The van der Waals surface area contributed by atoms with E-state index in [2.05, 4.69) is 32.4 Å². The lowest BCUT2D eigenvalue weighted by molar-refractivity contribution is 0.0487. The summed E-state index contributed by atoms with van der Waals surface area (Å²) in [6.07, 6.45) is 3.25. The summed E-state index contributed by atoms with van der Waals surface area (Å²) in [6, 6.07) is 14.5. The van der Waals surface area contributed by atoms with Crippen LogP contribution in [0.25, 0.3) is 11.5 Å². The molecule has 2 aromatic heterocycles. The number of aliphatic hydroxyl groups is 2. The number of hydrogen-bond acceptors (Lipinski definition) is 10. The molecule has 1 aliphatic heterocycles. The van der Waals surface area contributed by atoms with E-state index < -0.39 is 17.2 Å². The van der Waals surface area contributed by atoms with Crippen LogP contribution in [-0.4, -0.2) is 54.3 Å². The maximum atomic E-state index is 13.0. The molecule has 4 N–H and O–H groups in total. The number of benzene rings is 2. The minimum atomic E-state index is -1.33. The molecule has 1 amide bonds. The van der Waals surface area contributed by atoms with Crippen LogP contribution in [0.5, 0.6) is 0 Å². The van der Waals surface area contributed by atoms with Gasteiger partial charge >= 0.3 is 0 Å². The summed E-state index contributed by atoms with van der Waals surface area (Å²) in [4.78, 5) is 23.9. The smallest absolute Gasteiger partial charge is 0.255 e. The fourth-order valence-corrected chi connectivity index (χ4v) is 4.80. The van der Waals surface area contributed by atoms with Crippen LogP contribution >= 0.6 is 0 Å². The van der Waals surface area contributed by atoms with Gasteiger partial charge in [0.05, 0.1) is 23.8 Å². The van der Waals surface area contributed by atoms with E-state index >= 15 is 0 Å². The number of aliphatic hydroxyl groups excluding tert-OH is 1. The molecule has 3 heterocycles. The van der Waals surface area contributed by atoms with Crippen molar-refractivity contribution in [2.45, 2.75) is 44.9 Å². The van der Waals surface area contributed by atoms with Crippen LogP contribution in [0.2, 0.25) is 0 Å². The summed E-state index contributed by atoms with van der Waals surface area (Å²) in [6.45, 7) is 11.1. The maximum absolute atomic E-state index is 13.0. The molecule has 0 radical (unpaired) electrons. The molecular weight excluding hydrogens is 522 g/mol. The molecule has 0 unspecified atom stereocenters. The lowest BCUT2D eigenvalue weighted by Gasteiger charge is -2.31. The Kier molecular flexibility index (Phi) is 7.33. The largest absolute Gasteiger partial charge is 0.417 e. The highest BCUT2D eigenvalue weighted by atomic mass is 16.4. The van der Waals surface area contributed by atoms with Crippen LogP contribution in [0, 0.1) is 0 Å². The normalized spacial score (nSPS) is 15.0. The van der Waals surface area contributed by atoms with Crippen molar-refractivity contribution < 1.29 is 19.4 Å². The Balaban J connectivity index is 1.51. The summed E-state index contributed by atoms with van der Waals surface area (Å²) >= 11 is 0. The lowest BCUT2D eigenvalue weighted by Crippen LogP contribution is -2.39. The average molecular weight is 556 g/mol. The van der Waals surface area contributed by atoms with Gasteiger partial charge in [0.2, 0.25) is 11.8 Å². The molecule has 212 valence electrons. The number of nitrogens with one attached hydrogen (secondary N) is 2. The predicted octanol–water partition coefficient (Wildman–Crippen LogP) is 4.52. The molecule has 0 aliphatic carbocycles. The Morgan fingerprint density at radius 1 is 1.15 bits per heavy atom. The van der Waals surface area contributed by atoms with Crippen LogP contribution in [-0.2, 0) is 11.1 Å². The van der Waals surface area contributed by atoms with Crippen LogP contribution in [0.1, 0.15) is 61.1 Å². The van der Waals surface area contributed by atoms with Gasteiger partial charge in [-0.25, -0.2) is 4.98 Å². The van der Waals surface area contributed by atoms with Gasteiger partial charge in [-0.1, -0.05) is 36.4 Å². The number of carbonyl (C=O) groups is 1. The molecule has 0 spiro atoms. The van der Waals surface area contributed by atoms with Gasteiger partial charge in [-0.3, -0.25) is 4.79 Å². The highest BCUT2D eigenvalue weighted by molar-refractivity contribution is 6.00. The number of hydrogen-bond donors (Lipinski definition) is 4. The van der Waals surface area contributed by atoms with E-state index in [-0.39, 0.29) is 30.2 Å². The molecule has 5 rings (SSSR count). The van der Waals surface area contributed by atoms with E-state index in [4.69, 9.17) is 9.40 Å². The van der Waals surface area contributed by atoms with Gasteiger partial charge in [-0.15, -0.1) is 16.8 Å². The Labute approximate surface area is 238 Å². The Hall–Kier alpha value is -4.61. The summed E-state index contributed by atoms with van der Waals surface area (Å²) in [7, 11) is 0. The highest BCUT2D eigenvalue weighted by Crippen LogP contribution is 2.40. The number of rotatable bonds is 10. The average Bonchev–Trinajstić information content (AvgIpc) is 3.51. The molecule has 0 saturated carbocycles. The third-order valence-electron chi connectivity index (χ3n) is 7.06. The van der Waals surface area contributed by atoms with E-state index in [1.807, 2.05) is 56.3 Å². The Morgan fingerprint density at radius 2 is 1.90 bits per heavy atom. The quantitative estimate of drug-likeness (QED) is 0.206. The second kappa shape index (κ2) is 10.8. The van der Waals surface area contributed by atoms with Crippen molar-refractivity contribution in [3.05, 3.63) is 90.0 Å². The Morgan fingerprint density at radius 3 is 2.56 bits per heavy atom. The molecule has 0 bridgehead atoms. The maximum Gasteiger partial charge on any atom is 0.255 e. The monoisotopic (exact) mass is 555 g/mol. The molecule has 0 saturated heterocycles. The molecule has 11 nitrogen and oxygen atoms in total. The summed E-state index contributed by atoms with van der Waals surface area (Å²) in [5.41, 5.74) is 1.64. The van der Waals surface area contributed by atoms with Crippen LogP contribution in [0.15, 0.2) is 71.8 Å². The number of amides is 1. The zero-order valence-electron chi connectivity index (χ0n) is 23.4.